The van der Waals surface area contributed by atoms with Gasteiger partial charge in [0.25, 0.3) is 0 Å². The van der Waals surface area contributed by atoms with Crippen LogP contribution < -0.4 is 5.73 Å². The molecule has 0 aliphatic carbocycles. The summed E-state index contributed by atoms with van der Waals surface area (Å²) in [4.78, 5) is 0. The first-order chi connectivity index (χ1) is 5.79. The second-order valence-electron chi connectivity index (χ2n) is 2.54. The highest BCUT2D eigenvalue weighted by molar-refractivity contribution is 5.80. The van der Waals surface area contributed by atoms with Crippen LogP contribution in [0.3, 0.4) is 0 Å². The van der Waals surface area contributed by atoms with Crippen LogP contribution in [0.25, 0.3) is 5.57 Å². The first-order valence-electron chi connectivity index (χ1n) is 3.93. The summed E-state index contributed by atoms with van der Waals surface area (Å²) < 4.78 is 0. The third-order valence-corrected chi connectivity index (χ3v) is 1.80. The highest BCUT2D eigenvalue weighted by atomic mass is 14.6. The van der Waals surface area contributed by atoms with E-state index in [1.165, 1.54) is 0 Å². The molecule has 0 heterocycles. The summed E-state index contributed by atoms with van der Waals surface area (Å²) in [5.41, 5.74) is 8.71. The van der Waals surface area contributed by atoms with Gasteiger partial charge in [-0.3, -0.25) is 0 Å². The normalized spacial score (nSPS) is 11.2. The summed E-state index contributed by atoms with van der Waals surface area (Å²) in [5, 5.41) is 0. The van der Waals surface area contributed by atoms with Crippen molar-refractivity contribution in [1.29, 1.82) is 0 Å². The number of nitrogen functional groups attached to an aromatic ring is 1. The molecule has 1 heteroatoms. The van der Waals surface area contributed by atoms with E-state index in [0.29, 0.717) is 0 Å². The minimum atomic E-state index is 0.797. The van der Waals surface area contributed by atoms with Gasteiger partial charge >= 0.3 is 0 Å². The maximum Gasteiger partial charge on any atom is 0.0393 e. The third kappa shape index (κ3) is 1.56. The van der Waals surface area contributed by atoms with Crippen LogP contribution in [-0.2, 0) is 0 Å². The van der Waals surface area contributed by atoms with Gasteiger partial charge in [-0.05, 0) is 18.6 Å². The van der Waals surface area contributed by atoms with Crippen molar-refractivity contribution in [1.82, 2.24) is 0 Å². The predicted molar refractivity (Wildman–Crippen MR) is 54.7 cm³/mol. The van der Waals surface area contributed by atoms with Crippen LogP contribution in [0, 0.1) is 0 Å². The number of rotatable bonds is 2. The minimum Gasteiger partial charge on any atom is -0.398 e. The molecule has 0 fully saturated rings. The zero-order chi connectivity index (χ0) is 8.97. The number of para-hydroxylation sites is 1. The van der Waals surface area contributed by atoms with E-state index in [1.54, 1.807) is 0 Å². The van der Waals surface area contributed by atoms with Gasteiger partial charge in [0.2, 0.25) is 0 Å². The molecule has 0 unspecified atom stereocenters. The second kappa shape index (κ2) is 3.77. The Balaban J connectivity index is 3.18. The van der Waals surface area contributed by atoms with Gasteiger partial charge in [0.05, 0.1) is 0 Å². The molecular weight excluding hydrogens is 146 g/mol. The predicted octanol–water partition coefficient (Wildman–Crippen LogP) is 2.86. The molecule has 0 spiro atoms. The Morgan fingerprint density at radius 3 is 2.58 bits per heavy atom. The Kier molecular flexibility index (Phi) is 2.70. The maximum atomic E-state index is 5.78. The number of benzene rings is 1. The van der Waals surface area contributed by atoms with Crippen molar-refractivity contribution in [3.8, 4) is 0 Å². The van der Waals surface area contributed by atoms with Crippen LogP contribution in [0.4, 0.5) is 5.69 Å². The Morgan fingerprint density at radius 1 is 1.42 bits per heavy atom. The Bertz CT molecular complexity index is 311. The van der Waals surface area contributed by atoms with Crippen molar-refractivity contribution < 1.29 is 0 Å². The molecule has 2 N–H and O–H groups in total. The van der Waals surface area contributed by atoms with Gasteiger partial charge in [-0.15, -0.1) is 0 Å². The van der Waals surface area contributed by atoms with Gasteiger partial charge in [-0.25, -0.2) is 0 Å². The molecule has 0 aliphatic heterocycles. The molecule has 1 aromatic rings. The van der Waals surface area contributed by atoms with Crippen molar-refractivity contribution in [2.24, 2.45) is 0 Å². The number of hydrogen-bond acceptors (Lipinski definition) is 1. The smallest absolute Gasteiger partial charge is 0.0393 e. The lowest BCUT2D eigenvalue weighted by Crippen LogP contribution is -1.90. The lowest BCUT2D eigenvalue weighted by atomic mass is 10.0. The van der Waals surface area contributed by atoms with Gasteiger partial charge in [0.15, 0.2) is 0 Å². The summed E-state index contributed by atoms with van der Waals surface area (Å²) in [6.45, 7) is 5.70. The van der Waals surface area contributed by atoms with Gasteiger partial charge in [-0.1, -0.05) is 36.9 Å². The lowest BCUT2D eigenvalue weighted by molar-refractivity contribution is 1.59. The first-order valence-corrected chi connectivity index (χ1v) is 3.93. The van der Waals surface area contributed by atoms with E-state index in [4.69, 9.17) is 5.73 Å². The van der Waals surface area contributed by atoms with Gasteiger partial charge in [-0.2, -0.15) is 0 Å². The lowest BCUT2D eigenvalue weighted by Gasteiger charge is -2.04. The summed E-state index contributed by atoms with van der Waals surface area (Å²) >= 11 is 0. The Hall–Kier alpha value is -1.50. The average Bonchev–Trinajstić information content (AvgIpc) is 2.10. The van der Waals surface area contributed by atoms with Crippen LogP contribution in [0.2, 0.25) is 0 Å². The van der Waals surface area contributed by atoms with Crippen molar-refractivity contribution in [3.05, 3.63) is 48.6 Å². The fraction of sp³-hybridized carbons (Fsp3) is 0.0909. The molecule has 62 valence electrons. The van der Waals surface area contributed by atoms with E-state index in [2.05, 4.69) is 6.58 Å². The molecule has 0 amide bonds. The van der Waals surface area contributed by atoms with E-state index in [9.17, 15) is 0 Å². The van der Waals surface area contributed by atoms with Crippen molar-refractivity contribution in [3.63, 3.8) is 0 Å². The van der Waals surface area contributed by atoms with Crippen LogP contribution in [0.5, 0.6) is 0 Å². The quantitative estimate of drug-likeness (QED) is 0.521. The molecular formula is C11H13N. The summed E-state index contributed by atoms with van der Waals surface area (Å²) in [6, 6.07) is 7.78. The van der Waals surface area contributed by atoms with Crippen LogP contribution in [0.15, 0.2) is 43.0 Å². The number of nitrogens with two attached hydrogens (primary N) is 1. The van der Waals surface area contributed by atoms with Gasteiger partial charge in [0.1, 0.15) is 0 Å². The SMILES string of the molecule is C=C/C(=C\C)c1ccccc1N. The number of allylic oxidation sites excluding steroid dienone is 3. The fourth-order valence-electron chi connectivity index (χ4n) is 1.14. The molecule has 0 saturated heterocycles. The van der Waals surface area contributed by atoms with Crippen molar-refractivity contribution in [2.45, 2.75) is 6.92 Å². The van der Waals surface area contributed by atoms with Crippen LogP contribution >= 0.6 is 0 Å². The first kappa shape index (κ1) is 8.60. The van der Waals surface area contributed by atoms with Crippen molar-refractivity contribution >= 4 is 11.3 Å². The van der Waals surface area contributed by atoms with Crippen molar-refractivity contribution in [2.75, 3.05) is 5.73 Å². The van der Waals surface area contributed by atoms with E-state index in [-0.39, 0.29) is 0 Å². The van der Waals surface area contributed by atoms with E-state index >= 15 is 0 Å². The molecule has 0 aliphatic rings. The Morgan fingerprint density at radius 2 is 2.08 bits per heavy atom. The minimum absolute atomic E-state index is 0.797. The number of anilines is 1. The summed E-state index contributed by atoms with van der Waals surface area (Å²) in [6.07, 6.45) is 3.81. The molecule has 0 atom stereocenters. The second-order valence-corrected chi connectivity index (χ2v) is 2.54. The molecule has 1 aromatic carbocycles. The van der Waals surface area contributed by atoms with E-state index in [0.717, 1.165) is 16.8 Å². The van der Waals surface area contributed by atoms with Crippen LogP contribution in [-0.4, -0.2) is 0 Å². The molecule has 0 aromatic heterocycles. The third-order valence-electron chi connectivity index (χ3n) is 1.80. The number of hydrogen-bond donors (Lipinski definition) is 1. The Labute approximate surface area is 73.2 Å². The maximum absolute atomic E-state index is 5.78. The molecule has 1 nitrogen and oxygen atoms in total. The van der Waals surface area contributed by atoms with Crippen LogP contribution in [0.1, 0.15) is 12.5 Å². The van der Waals surface area contributed by atoms with Gasteiger partial charge in [0, 0.05) is 11.3 Å². The zero-order valence-corrected chi connectivity index (χ0v) is 7.25. The molecule has 0 bridgehead atoms. The average molecular weight is 159 g/mol. The standard InChI is InChI=1S/C11H13N/c1-3-9(4-2)10-7-5-6-8-11(10)12/h3-8H,1,12H2,2H3/b9-4+. The molecule has 0 saturated carbocycles. The zero-order valence-electron chi connectivity index (χ0n) is 7.25. The highest BCUT2D eigenvalue weighted by Crippen LogP contribution is 2.21. The molecule has 12 heavy (non-hydrogen) atoms. The van der Waals surface area contributed by atoms with E-state index in [1.807, 2.05) is 43.3 Å². The van der Waals surface area contributed by atoms with Gasteiger partial charge < -0.3 is 5.73 Å². The van der Waals surface area contributed by atoms with E-state index < -0.39 is 0 Å². The monoisotopic (exact) mass is 159 g/mol. The largest absolute Gasteiger partial charge is 0.398 e. The summed E-state index contributed by atoms with van der Waals surface area (Å²) in [7, 11) is 0. The summed E-state index contributed by atoms with van der Waals surface area (Å²) in [5.74, 6) is 0. The fourth-order valence-corrected chi connectivity index (χ4v) is 1.14. The highest BCUT2D eigenvalue weighted by Gasteiger charge is 1.98. The molecule has 1 rings (SSSR count). The topological polar surface area (TPSA) is 26.0 Å². The molecule has 0 radical (unpaired) electrons.